The summed E-state index contributed by atoms with van der Waals surface area (Å²) in [5.74, 6) is -0.271. The molecule has 4 heteroatoms. The molecule has 98 valence electrons. The van der Waals surface area contributed by atoms with Gasteiger partial charge in [0.2, 0.25) is 0 Å². The lowest BCUT2D eigenvalue weighted by Gasteiger charge is -2.31. The van der Waals surface area contributed by atoms with Crippen LogP contribution in [0.1, 0.15) is 37.8 Å². The summed E-state index contributed by atoms with van der Waals surface area (Å²) in [7, 11) is 0. The molecule has 0 aliphatic carbocycles. The molecule has 1 aromatic rings. The summed E-state index contributed by atoms with van der Waals surface area (Å²) < 4.78 is 13.5. The van der Waals surface area contributed by atoms with E-state index in [4.69, 9.17) is 18.0 Å². The van der Waals surface area contributed by atoms with Crippen LogP contribution in [0.25, 0.3) is 0 Å². The van der Waals surface area contributed by atoms with Gasteiger partial charge < -0.3 is 5.73 Å². The van der Waals surface area contributed by atoms with E-state index in [2.05, 4.69) is 18.7 Å². The van der Waals surface area contributed by atoms with Crippen molar-refractivity contribution in [3.8, 4) is 0 Å². The lowest BCUT2D eigenvalue weighted by molar-refractivity contribution is 0.166. The van der Waals surface area contributed by atoms with Crippen LogP contribution in [0.2, 0.25) is 0 Å². The van der Waals surface area contributed by atoms with Crippen molar-refractivity contribution in [2.24, 2.45) is 5.73 Å². The van der Waals surface area contributed by atoms with Gasteiger partial charge in [0.05, 0.1) is 0 Å². The summed E-state index contributed by atoms with van der Waals surface area (Å²) in [5, 5.41) is 0. The molecule has 2 nitrogen and oxygen atoms in total. The largest absolute Gasteiger partial charge is 0.389 e. The normalized spacial score (nSPS) is 19.1. The van der Waals surface area contributed by atoms with Crippen molar-refractivity contribution in [2.45, 2.75) is 38.8 Å². The summed E-state index contributed by atoms with van der Waals surface area (Å²) in [6.07, 6.45) is 2.38. The summed E-state index contributed by atoms with van der Waals surface area (Å²) in [5.41, 5.74) is 7.30. The van der Waals surface area contributed by atoms with Gasteiger partial charge in [-0.15, -0.1) is 0 Å². The second-order valence-electron chi connectivity index (χ2n) is 5.55. The van der Waals surface area contributed by atoms with Crippen LogP contribution in [-0.2, 0) is 6.54 Å². The van der Waals surface area contributed by atoms with Crippen molar-refractivity contribution in [1.29, 1.82) is 0 Å². The molecular weight excluding hydrogens is 247 g/mol. The van der Waals surface area contributed by atoms with Crippen LogP contribution in [0, 0.1) is 5.82 Å². The van der Waals surface area contributed by atoms with Gasteiger partial charge >= 0.3 is 0 Å². The number of likely N-dealkylation sites (tertiary alicyclic amines) is 1. The molecule has 0 saturated carbocycles. The predicted molar refractivity (Wildman–Crippen MR) is 76.0 cm³/mol. The Bertz CT molecular complexity index is 471. The van der Waals surface area contributed by atoms with Gasteiger partial charge in [-0.05, 0) is 57.0 Å². The van der Waals surface area contributed by atoms with E-state index in [1.807, 2.05) is 6.07 Å². The number of rotatable bonds is 3. The molecule has 0 atom stereocenters. The predicted octanol–water partition coefficient (Wildman–Crippen LogP) is 2.83. The molecule has 0 radical (unpaired) electrons. The number of hydrogen-bond acceptors (Lipinski definition) is 2. The molecule has 0 aromatic heterocycles. The second kappa shape index (κ2) is 4.94. The standard InChI is InChI=1S/C14H19FN2S/c1-14(2)4-3-5-17(14)9-10-6-11(13(16)18)8-12(15)7-10/h6-8H,3-5,9H2,1-2H3,(H2,16,18). The van der Waals surface area contributed by atoms with Crippen molar-refractivity contribution < 1.29 is 4.39 Å². The molecule has 0 amide bonds. The third-order valence-electron chi connectivity index (χ3n) is 3.69. The minimum atomic E-state index is -0.271. The lowest BCUT2D eigenvalue weighted by Crippen LogP contribution is -2.37. The van der Waals surface area contributed by atoms with Crippen LogP contribution in [0.3, 0.4) is 0 Å². The fraction of sp³-hybridized carbons (Fsp3) is 0.500. The van der Waals surface area contributed by atoms with Gasteiger partial charge in [-0.1, -0.05) is 12.2 Å². The van der Waals surface area contributed by atoms with Crippen LogP contribution < -0.4 is 5.73 Å². The third kappa shape index (κ3) is 2.87. The van der Waals surface area contributed by atoms with Crippen LogP contribution in [0.15, 0.2) is 18.2 Å². The highest BCUT2D eigenvalue weighted by molar-refractivity contribution is 7.80. The fourth-order valence-electron chi connectivity index (χ4n) is 2.56. The molecule has 0 spiro atoms. The van der Waals surface area contributed by atoms with Gasteiger partial charge in [0.1, 0.15) is 10.8 Å². The van der Waals surface area contributed by atoms with Crippen molar-refractivity contribution in [3.63, 3.8) is 0 Å². The quantitative estimate of drug-likeness (QED) is 0.853. The van der Waals surface area contributed by atoms with Crippen molar-refractivity contribution in [2.75, 3.05) is 6.54 Å². The number of hydrogen-bond donors (Lipinski definition) is 1. The topological polar surface area (TPSA) is 29.3 Å². The van der Waals surface area contributed by atoms with E-state index in [-0.39, 0.29) is 16.3 Å². The molecular formula is C14H19FN2S. The first-order valence-corrected chi connectivity index (χ1v) is 6.64. The Morgan fingerprint density at radius 2 is 2.17 bits per heavy atom. The number of benzene rings is 1. The molecule has 1 fully saturated rings. The van der Waals surface area contributed by atoms with Gasteiger partial charge in [0, 0.05) is 17.6 Å². The average molecular weight is 266 g/mol. The summed E-state index contributed by atoms with van der Waals surface area (Å²) in [4.78, 5) is 2.63. The van der Waals surface area contributed by atoms with E-state index in [1.165, 1.54) is 18.9 Å². The van der Waals surface area contributed by atoms with E-state index in [0.717, 1.165) is 18.7 Å². The van der Waals surface area contributed by atoms with Crippen molar-refractivity contribution in [3.05, 3.63) is 35.1 Å². The van der Waals surface area contributed by atoms with Gasteiger partial charge in [0.25, 0.3) is 0 Å². The van der Waals surface area contributed by atoms with Crippen LogP contribution in [0.5, 0.6) is 0 Å². The molecule has 2 N–H and O–H groups in total. The molecule has 1 aliphatic rings. The smallest absolute Gasteiger partial charge is 0.124 e. The van der Waals surface area contributed by atoms with E-state index in [9.17, 15) is 4.39 Å². The van der Waals surface area contributed by atoms with Crippen LogP contribution >= 0.6 is 12.2 Å². The zero-order chi connectivity index (χ0) is 13.3. The third-order valence-corrected chi connectivity index (χ3v) is 3.92. The maximum Gasteiger partial charge on any atom is 0.124 e. The monoisotopic (exact) mass is 266 g/mol. The summed E-state index contributed by atoms with van der Waals surface area (Å²) in [6.45, 7) is 6.27. The van der Waals surface area contributed by atoms with Crippen molar-refractivity contribution >= 4 is 17.2 Å². The van der Waals surface area contributed by atoms with Crippen LogP contribution in [-0.4, -0.2) is 22.0 Å². The first-order chi connectivity index (χ1) is 8.38. The van der Waals surface area contributed by atoms with E-state index in [0.29, 0.717) is 5.56 Å². The Morgan fingerprint density at radius 1 is 1.44 bits per heavy atom. The Kier molecular flexibility index (Phi) is 3.69. The Labute approximate surface area is 113 Å². The second-order valence-corrected chi connectivity index (χ2v) is 5.99. The molecule has 1 aromatic carbocycles. The van der Waals surface area contributed by atoms with Crippen molar-refractivity contribution in [1.82, 2.24) is 4.90 Å². The highest BCUT2D eigenvalue weighted by atomic mass is 32.1. The molecule has 2 rings (SSSR count). The van der Waals surface area contributed by atoms with Crippen LogP contribution in [0.4, 0.5) is 4.39 Å². The van der Waals surface area contributed by atoms with E-state index >= 15 is 0 Å². The Hall–Kier alpha value is -1.00. The molecule has 1 heterocycles. The zero-order valence-electron chi connectivity index (χ0n) is 10.9. The van der Waals surface area contributed by atoms with Gasteiger partial charge in [-0.2, -0.15) is 0 Å². The first-order valence-electron chi connectivity index (χ1n) is 6.23. The fourth-order valence-corrected chi connectivity index (χ4v) is 2.68. The zero-order valence-corrected chi connectivity index (χ0v) is 11.7. The minimum absolute atomic E-state index is 0.190. The highest BCUT2D eigenvalue weighted by Crippen LogP contribution is 2.29. The van der Waals surface area contributed by atoms with E-state index in [1.54, 1.807) is 6.07 Å². The summed E-state index contributed by atoms with van der Waals surface area (Å²) >= 11 is 4.91. The maximum absolute atomic E-state index is 13.5. The average Bonchev–Trinajstić information content (AvgIpc) is 2.57. The molecule has 18 heavy (non-hydrogen) atoms. The highest BCUT2D eigenvalue weighted by Gasteiger charge is 2.31. The van der Waals surface area contributed by atoms with Gasteiger partial charge in [-0.3, -0.25) is 4.90 Å². The molecule has 0 bridgehead atoms. The number of nitrogens with zero attached hydrogens (tertiary/aromatic N) is 1. The van der Waals surface area contributed by atoms with Gasteiger partial charge in [-0.25, -0.2) is 4.39 Å². The number of nitrogens with two attached hydrogens (primary N) is 1. The van der Waals surface area contributed by atoms with Gasteiger partial charge in [0.15, 0.2) is 0 Å². The molecule has 1 aliphatic heterocycles. The summed E-state index contributed by atoms with van der Waals surface area (Å²) in [6, 6.07) is 4.84. The number of thiocarbonyl (C=S) groups is 1. The minimum Gasteiger partial charge on any atom is -0.389 e. The number of halogens is 1. The SMILES string of the molecule is CC1(C)CCCN1Cc1cc(F)cc(C(N)=S)c1. The molecule has 0 unspecified atom stereocenters. The molecule has 1 saturated heterocycles. The van der Waals surface area contributed by atoms with E-state index < -0.39 is 0 Å². The Balaban J connectivity index is 2.21. The Morgan fingerprint density at radius 3 is 2.72 bits per heavy atom. The first kappa shape index (κ1) is 13.4. The lowest BCUT2D eigenvalue weighted by atomic mass is 10.0. The maximum atomic E-state index is 13.5.